The van der Waals surface area contributed by atoms with E-state index >= 15 is 0 Å². The number of pyridine rings is 1. The van der Waals surface area contributed by atoms with Crippen molar-refractivity contribution in [1.82, 2.24) is 10.1 Å². The van der Waals surface area contributed by atoms with E-state index in [2.05, 4.69) is 26.1 Å². The van der Waals surface area contributed by atoms with Gasteiger partial charge in [0.05, 0.1) is 5.69 Å². The van der Waals surface area contributed by atoms with E-state index < -0.39 is 0 Å². The Labute approximate surface area is 83.9 Å². The van der Waals surface area contributed by atoms with Gasteiger partial charge in [0, 0.05) is 29.4 Å². The molecule has 0 aromatic carbocycles. The fraction of sp³-hybridized carbons (Fsp3) is 0.111. The van der Waals surface area contributed by atoms with Crippen molar-refractivity contribution in [3.63, 3.8) is 0 Å². The standard InChI is InChI=1S/C9H7BrN2O/c10-5-8-4-9(13-12-8)7-2-1-3-11-6-7/h1-4,6H,5H2. The Morgan fingerprint density at radius 3 is 3.00 bits per heavy atom. The van der Waals surface area contributed by atoms with Gasteiger partial charge in [0.25, 0.3) is 0 Å². The van der Waals surface area contributed by atoms with Crippen molar-refractivity contribution in [3.8, 4) is 11.3 Å². The van der Waals surface area contributed by atoms with Crippen molar-refractivity contribution in [2.24, 2.45) is 0 Å². The second-order valence-corrected chi connectivity index (χ2v) is 3.12. The molecule has 0 unspecified atom stereocenters. The minimum atomic E-state index is 0.705. The molecule has 0 N–H and O–H groups in total. The first kappa shape index (κ1) is 8.44. The average molecular weight is 239 g/mol. The maximum absolute atomic E-state index is 5.12. The first-order valence-corrected chi connectivity index (χ1v) is 4.94. The third kappa shape index (κ3) is 1.78. The van der Waals surface area contributed by atoms with Crippen molar-refractivity contribution < 1.29 is 4.52 Å². The molecule has 2 heterocycles. The zero-order valence-corrected chi connectivity index (χ0v) is 8.36. The summed E-state index contributed by atoms with van der Waals surface area (Å²) in [6.45, 7) is 0. The molecule has 0 saturated heterocycles. The van der Waals surface area contributed by atoms with Crippen LogP contribution < -0.4 is 0 Å². The van der Waals surface area contributed by atoms with Crippen molar-refractivity contribution in [2.45, 2.75) is 5.33 Å². The Bertz CT molecular complexity index is 386. The Morgan fingerprint density at radius 2 is 2.38 bits per heavy atom. The highest BCUT2D eigenvalue weighted by atomic mass is 79.9. The molecule has 0 radical (unpaired) electrons. The van der Waals surface area contributed by atoms with Crippen LogP contribution in [-0.2, 0) is 5.33 Å². The van der Waals surface area contributed by atoms with E-state index in [1.807, 2.05) is 18.2 Å². The van der Waals surface area contributed by atoms with E-state index in [9.17, 15) is 0 Å². The molecule has 0 aliphatic heterocycles. The number of alkyl halides is 1. The fourth-order valence-corrected chi connectivity index (χ4v) is 1.28. The molecule has 66 valence electrons. The van der Waals surface area contributed by atoms with Gasteiger partial charge in [-0.05, 0) is 12.1 Å². The molecule has 0 aliphatic carbocycles. The van der Waals surface area contributed by atoms with Crippen LogP contribution in [0.2, 0.25) is 0 Å². The molecule has 0 aliphatic rings. The number of rotatable bonds is 2. The number of nitrogens with zero attached hydrogens (tertiary/aromatic N) is 2. The monoisotopic (exact) mass is 238 g/mol. The van der Waals surface area contributed by atoms with Crippen LogP contribution in [0.1, 0.15) is 5.69 Å². The first-order valence-electron chi connectivity index (χ1n) is 3.82. The Hall–Kier alpha value is -1.16. The summed E-state index contributed by atoms with van der Waals surface area (Å²) in [5.41, 5.74) is 1.83. The highest BCUT2D eigenvalue weighted by molar-refractivity contribution is 9.08. The lowest BCUT2D eigenvalue weighted by Gasteiger charge is -1.90. The van der Waals surface area contributed by atoms with Gasteiger partial charge in [0.15, 0.2) is 5.76 Å². The zero-order chi connectivity index (χ0) is 9.10. The van der Waals surface area contributed by atoms with Crippen LogP contribution in [0.3, 0.4) is 0 Å². The van der Waals surface area contributed by atoms with E-state index in [4.69, 9.17) is 4.52 Å². The summed E-state index contributed by atoms with van der Waals surface area (Å²) in [5.74, 6) is 0.752. The molecule has 2 aromatic rings. The van der Waals surface area contributed by atoms with Crippen molar-refractivity contribution in [1.29, 1.82) is 0 Å². The summed E-state index contributed by atoms with van der Waals surface area (Å²) in [6.07, 6.45) is 3.48. The van der Waals surface area contributed by atoms with Crippen molar-refractivity contribution in [3.05, 3.63) is 36.3 Å². The predicted molar refractivity (Wildman–Crippen MR) is 52.4 cm³/mol. The molecule has 0 saturated carbocycles. The van der Waals surface area contributed by atoms with E-state index in [-0.39, 0.29) is 0 Å². The van der Waals surface area contributed by atoms with Gasteiger partial charge in [0.1, 0.15) is 0 Å². The lowest BCUT2D eigenvalue weighted by atomic mass is 10.2. The molecule has 4 heteroatoms. The van der Waals surface area contributed by atoms with Crippen LogP contribution in [0.15, 0.2) is 35.1 Å². The number of hydrogen-bond acceptors (Lipinski definition) is 3. The second-order valence-electron chi connectivity index (χ2n) is 2.56. The highest BCUT2D eigenvalue weighted by Crippen LogP contribution is 2.19. The Morgan fingerprint density at radius 1 is 1.46 bits per heavy atom. The van der Waals surface area contributed by atoms with Gasteiger partial charge < -0.3 is 4.52 Å². The molecule has 2 rings (SSSR count). The Balaban J connectivity index is 2.36. The van der Waals surface area contributed by atoms with Gasteiger partial charge in [-0.3, -0.25) is 4.98 Å². The largest absolute Gasteiger partial charge is 0.356 e. The smallest absolute Gasteiger partial charge is 0.168 e. The third-order valence-corrected chi connectivity index (χ3v) is 2.22. The first-order chi connectivity index (χ1) is 6.40. The molecule has 0 bridgehead atoms. The van der Waals surface area contributed by atoms with Gasteiger partial charge in [-0.15, -0.1) is 0 Å². The summed E-state index contributed by atoms with van der Waals surface area (Å²) in [7, 11) is 0. The number of halogens is 1. The lowest BCUT2D eigenvalue weighted by Crippen LogP contribution is -1.74. The molecule has 0 fully saturated rings. The molecule has 0 atom stereocenters. The normalized spacial score (nSPS) is 10.2. The SMILES string of the molecule is BrCc1cc(-c2cccnc2)on1. The van der Waals surface area contributed by atoms with Crippen LogP contribution in [0, 0.1) is 0 Å². The topological polar surface area (TPSA) is 38.9 Å². The lowest BCUT2D eigenvalue weighted by molar-refractivity contribution is 0.426. The predicted octanol–water partition coefficient (Wildman–Crippen LogP) is 2.63. The van der Waals surface area contributed by atoms with Crippen LogP contribution >= 0.6 is 15.9 Å². The minimum absolute atomic E-state index is 0.705. The number of aromatic nitrogens is 2. The summed E-state index contributed by atoms with van der Waals surface area (Å²) < 4.78 is 5.12. The van der Waals surface area contributed by atoms with Crippen LogP contribution in [0.25, 0.3) is 11.3 Å². The van der Waals surface area contributed by atoms with Crippen LogP contribution in [-0.4, -0.2) is 10.1 Å². The highest BCUT2D eigenvalue weighted by Gasteiger charge is 2.04. The molecule has 13 heavy (non-hydrogen) atoms. The molecule has 2 aromatic heterocycles. The quantitative estimate of drug-likeness (QED) is 0.756. The van der Waals surface area contributed by atoms with E-state index in [1.54, 1.807) is 12.4 Å². The zero-order valence-electron chi connectivity index (χ0n) is 6.77. The summed E-state index contributed by atoms with van der Waals surface area (Å²) in [5, 5.41) is 4.57. The van der Waals surface area contributed by atoms with Crippen LogP contribution in [0.5, 0.6) is 0 Å². The summed E-state index contributed by atoms with van der Waals surface area (Å²) in [4.78, 5) is 4.00. The molecule has 0 amide bonds. The van der Waals surface area contributed by atoms with Crippen molar-refractivity contribution >= 4 is 15.9 Å². The van der Waals surface area contributed by atoms with Crippen molar-refractivity contribution in [2.75, 3.05) is 0 Å². The average Bonchev–Trinajstić information content (AvgIpc) is 2.67. The molecular weight excluding hydrogens is 232 g/mol. The van der Waals surface area contributed by atoms with E-state index in [0.717, 1.165) is 17.0 Å². The van der Waals surface area contributed by atoms with Gasteiger partial charge in [-0.25, -0.2) is 0 Å². The Kier molecular flexibility index (Phi) is 2.40. The maximum Gasteiger partial charge on any atom is 0.168 e. The fourth-order valence-electron chi connectivity index (χ4n) is 1.02. The molecular formula is C9H7BrN2O. The molecule has 3 nitrogen and oxygen atoms in total. The summed E-state index contributed by atoms with van der Waals surface area (Å²) in [6, 6.07) is 5.70. The number of hydrogen-bond donors (Lipinski definition) is 0. The second kappa shape index (κ2) is 3.70. The van der Waals surface area contributed by atoms with E-state index in [0.29, 0.717) is 5.33 Å². The summed E-state index contributed by atoms with van der Waals surface area (Å²) >= 11 is 3.31. The minimum Gasteiger partial charge on any atom is -0.356 e. The van der Waals surface area contributed by atoms with Gasteiger partial charge in [-0.1, -0.05) is 21.1 Å². The molecule has 0 spiro atoms. The van der Waals surface area contributed by atoms with Gasteiger partial charge in [0.2, 0.25) is 0 Å². The van der Waals surface area contributed by atoms with Gasteiger partial charge >= 0.3 is 0 Å². The maximum atomic E-state index is 5.12. The van der Waals surface area contributed by atoms with Crippen LogP contribution in [0.4, 0.5) is 0 Å². The van der Waals surface area contributed by atoms with E-state index in [1.165, 1.54) is 0 Å². The van der Waals surface area contributed by atoms with Gasteiger partial charge in [-0.2, -0.15) is 0 Å². The third-order valence-electron chi connectivity index (χ3n) is 1.64.